The Hall–Kier alpha value is -1.79. The Morgan fingerprint density at radius 1 is 1.24 bits per heavy atom. The van der Waals surface area contributed by atoms with Crippen LogP contribution in [0.1, 0.15) is 12.5 Å². The average molecular weight is 315 g/mol. The van der Waals surface area contributed by atoms with Crippen LogP contribution in [0.5, 0.6) is 0 Å². The third-order valence-electron chi connectivity index (χ3n) is 2.78. The smallest absolute Gasteiger partial charge is 0.319 e. The van der Waals surface area contributed by atoms with E-state index < -0.39 is 6.03 Å². The van der Waals surface area contributed by atoms with Crippen molar-refractivity contribution < 1.29 is 9.59 Å². The molecular formula is C14H23ClN4O2. The fourth-order valence-electron chi connectivity index (χ4n) is 1.49. The van der Waals surface area contributed by atoms with Gasteiger partial charge in [0.25, 0.3) is 0 Å². The minimum Gasteiger partial charge on any atom is -0.353 e. The molecular weight excluding hydrogens is 292 g/mol. The van der Waals surface area contributed by atoms with Crippen LogP contribution in [-0.4, -0.2) is 38.1 Å². The van der Waals surface area contributed by atoms with Crippen LogP contribution < -0.4 is 21.3 Å². The van der Waals surface area contributed by atoms with Crippen molar-refractivity contribution in [3.63, 3.8) is 0 Å². The zero-order chi connectivity index (χ0) is 15.0. The maximum Gasteiger partial charge on any atom is 0.319 e. The maximum absolute atomic E-state index is 11.6. The second-order valence-electron chi connectivity index (χ2n) is 4.67. The summed E-state index contributed by atoms with van der Waals surface area (Å²) in [6.45, 7) is 4.38. The van der Waals surface area contributed by atoms with Crippen LogP contribution in [0.4, 0.5) is 10.5 Å². The number of hydrogen-bond acceptors (Lipinski definition) is 3. The molecule has 0 aliphatic rings. The average Bonchev–Trinajstić information content (AvgIpc) is 2.42. The number of nitrogens with one attached hydrogen (secondary N) is 4. The molecule has 0 saturated carbocycles. The number of urea groups is 1. The number of anilines is 1. The van der Waals surface area contributed by atoms with Crippen LogP contribution in [0.15, 0.2) is 24.3 Å². The van der Waals surface area contributed by atoms with E-state index in [0.717, 1.165) is 5.56 Å². The highest BCUT2D eigenvalue weighted by molar-refractivity contribution is 5.92. The molecule has 0 saturated heterocycles. The number of benzene rings is 1. The monoisotopic (exact) mass is 314 g/mol. The minimum absolute atomic E-state index is 0. The van der Waals surface area contributed by atoms with Crippen LogP contribution in [0.25, 0.3) is 0 Å². The SMILES string of the molecule is CNC(C)CNC(=O)CNC(=O)Nc1cccc(C)c1.Cl. The predicted octanol–water partition coefficient (Wildman–Crippen LogP) is 1.26. The highest BCUT2D eigenvalue weighted by Crippen LogP contribution is 2.08. The Bertz CT molecular complexity index is 468. The molecule has 118 valence electrons. The van der Waals surface area contributed by atoms with Gasteiger partial charge < -0.3 is 21.3 Å². The first-order valence-electron chi connectivity index (χ1n) is 6.56. The quantitative estimate of drug-likeness (QED) is 0.638. The van der Waals surface area contributed by atoms with Gasteiger partial charge in [-0.05, 0) is 38.6 Å². The van der Waals surface area contributed by atoms with E-state index in [1.54, 1.807) is 6.07 Å². The van der Waals surface area contributed by atoms with Gasteiger partial charge in [0, 0.05) is 18.3 Å². The maximum atomic E-state index is 11.6. The van der Waals surface area contributed by atoms with Crippen molar-refractivity contribution in [2.75, 3.05) is 25.5 Å². The van der Waals surface area contributed by atoms with Gasteiger partial charge >= 0.3 is 6.03 Å². The normalized spacial score (nSPS) is 11.0. The van der Waals surface area contributed by atoms with Gasteiger partial charge in [0.15, 0.2) is 0 Å². The van der Waals surface area contributed by atoms with Gasteiger partial charge in [-0.25, -0.2) is 4.79 Å². The molecule has 0 fully saturated rings. The molecule has 3 amide bonds. The number of aryl methyl sites for hydroxylation is 1. The number of hydrogen-bond donors (Lipinski definition) is 4. The molecule has 0 aromatic heterocycles. The third-order valence-corrected chi connectivity index (χ3v) is 2.78. The molecule has 0 spiro atoms. The number of halogens is 1. The van der Waals surface area contributed by atoms with Crippen LogP contribution in [0, 0.1) is 6.92 Å². The Balaban J connectivity index is 0.00000400. The summed E-state index contributed by atoms with van der Waals surface area (Å²) in [5.74, 6) is -0.216. The Kier molecular flexibility index (Phi) is 9.16. The standard InChI is InChI=1S/C14H22N4O2.ClH/c1-10-5-4-6-12(7-10)18-14(20)17-9-13(19)16-8-11(2)15-3;/h4-7,11,15H,8-9H2,1-3H3,(H,16,19)(H2,17,18,20);1H. The molecule has 0 radical (unpaired) electrons. The topological polar surface area (TPSA) is 82.3 Å². The molecule has 0 bridgehead atoms. The van der Waals surface area contributed by atoms with Gasteiger partial charge in [0.2, 0.25) is 5.91 Å². The van der Waals surface area contributed by atoms with Crippen molar-refractivity contribution >= 4 is 30.0 Å². The molecule has 1 rings (SSSR count). The number of likely N-dealkylation sites (N-methyl/N-ethyl adjacent to an activating group) is 1. The van der Waals surface area contributed by atoms with E-state index in [2.05, 4.69) is 21.3 Å². The first kappa shape index (κ1) is 19.2. The number of carbonyl (C=O) groups is 2. The summed E-state index contributed by atoms with van der Waals surface area (Å²) < 4.78 is 0. The zero-order valence-electron chi connectivity index (χ0n) is 12.5. The molecule has 6 nitrogen and oxygen atoms in total. The van der Waals surface area contributed by atoms with Crippen molar-refractivity contribution in [3.8, 4) is 0 Å². The molecule has 1 unspecified atom stereocenters. The van der Waals surface area contributed by atoms with E-state index >= 15 is 0 Å². The molecule has 0 heterocycles. The second kappa shape index (κ2) is 10.0. The summed E-state index contributed by atoms with van der Waals surface area (Å²) in [6, 6.07) is 7.25. The largest absolute Gasteiger partial charge is 0.353 e. The van der Waals surface area contributed by atoms with E-state index in [-0.39, 0.29) is 30.9 Å². The Labute approximate surface area is 131 Å². The van der Waals surface area contributed by atoms with Crippen molar-refractivity contribution in [3.05, 3.63) is 29.8 Å². The van der Waals surface area contributed by atoms with Gasteiger partial charge in [-0.1, -0.05) is 12.1 Å². The van der Waals surface area contributed by atoms with Crippen molar-refractivity contribution in [1.82, 2.24) is 16.0 Å². The minimum atomic E-state index is -0.396. The molecule has 1 aromatic rings. The van der Waals surface area contributed by atoms with E-state index in [1.807, 2.05) is 39.1 Å². The summed E-state index contributed by atoms with van der Waals surface area (Å²) in [5.41, 5.74) is 1.76. The van der Waals surface area contributed by atoms with Gasteiger partial charge in [0.05, 0.1) is 6.54 Å². The molecule has 4 N–H and O–H groups in total. The van der Waals surface area contributed by atoms with E-state index in [0.29, 0.717) is 12.2 Å². The molecule has 1 atom stereocenters. The van der Waals surface area contributed by atoms with Crippen LogP contribution in [0.2, 0.25) is 0 Å². The lowest BCUT2D eigenvalue weighted by Gasteiger charge is -2.12. The number of rotatable bonds is 6. The lowest BCUT2D eigenvalue weighted by atomic mass is 10.2. The van der Waals surface area contributed by atoms with Gasteiger partial charge in [-0.2, -0.15) is 0 Å². The van der Waals surface area contributed by atoms with Crippen molar-refractivity contribution in [2.45, 2.75) is 19.9 Å². The van der Waals surface area contributed by atoms with Crippen molar-refractivity contribution in [2.24, 2.45) is 0 Å². The predicted molar refractivity (Wildman–Crippen MR) is 87.0 cm³/mol. The summed E-state index contributed by atoms with van der Waals surface area (Å²) in [4.78, 5) is 23.1. The summed E-state index contributed by atoms with van der Waals surface area (Å²) in [7, 11) is 1.82. The molecule has 0 aliphatic heterocycles. The molecule has 0 aliphatic carbocycles. The summed E-state index contributed by atoms with van der Waals surface area (Å²) >= 11 is 0. The van der Waals surface area contributed by atoms with Gasteiger partial charge in [0.1, 0.15) is 0 Å². The van der Waals surface area contributed by atoms with Crippen LogP contribution in [-0.2, 0) is 4.79 Å². The lowest BCUT2D eigenvalue weighted by molar-refractivity contribution is -0.120. The zero-order valence-corrected chi connectivity index (χ0v) is 13.3. The summed E-state index contributed by atoms with van der Waals surface area (Å²) in [6.07, 6.45) is 0. The van der Waals surface area contributed by atoms with E-state index in [4.69, 9.17) is 0 Å². The van der Waals surface area contributed by atoms with Crippen molar-refractivity contribution in [1.29, 1.82) is 0 Å². The molecule has 7 heteroatoms. The second-order valence-corrected chi connectivity index (χ2v) is 4.67. The van der Waals surface area contributed by atoms with Crippen LogP contribution >= 0.6 is 12.4 Å². The van der Waals surface area contributed by atoms with Gasteiger partial charge in [-0.15, -0.1) is 12.4 Å². The van der Waals surface area contributed by atoms with E-state index in [1.165, 1.54) is 0 Å². The third kappa shape index (κ3) is 8.16. The van der Waals surface area contributed by atoms with E-state index in [9.17, 15) is 9.59 Å². The first-order chi connectivity index (χ1) is 9.51. The lowest BCUT2D eigenvalue weighted by Crippen LogP contribution is -2.43. The molecule has 21 heavy (non-hydrogen) atoms. The Morgan fingerprint density at radius 3 is 2.57 bits per heavy atom. The summed E-state index contributed by atoms with van der Waals surface area (Å²) in [5, 5.41) is 10.9. The fraction of sp³-hybridized carbons (Fsp3) is 0.429. The highest BCUT2D eigenvalue weighted by Gasteiger charge is 2.06. The fourth-order valence-corrected chi connectivity index (χ4v) is 1.49. The molecule has 1 aromatic carbocycles. The highest BCUT2D eigenvalue weighted by atomic mass is 35.5. The first-order valence-corrected chi connectivity index (χ1v) is 6.56. The number of carbonyl (C=O) groups excluding carboxylic acids is 2. The Morgan fingerprint density at radius 2 is 1.95 bits per heavy atom. The van der Waals surface area contributed by atoms with Crippen LogP contribution in [0.3, 0.4) is 0 Å². The number of amides is 3. The van der Waals surface area contributed by atoms with Gasteiger partial charge in [-0.3, -0.25) is 4.79 Å².